The Hall–Kier alpha value is -0.870. The van der Waals surface area contributed by atoms with E-state index in [-0.39, 0.29) is 6.04 Å². The van der Waals surface area contributed by atoms with Crippen molar-refractivity contribution in [2.75, 3.05) is 19.5 Å². The molecule has 1 unspecified atom stereocenters. The van der Waals surface area contributed by atoms with Crippen molar-refractivity contribution in [2.45, 2.75) is 25.3 Å². The van der Waals surface area contributed by atoms with Gasteiger partial charge in [0.05, 0.1) is 13.7 Å². The van der Waals surface area contributed by atoms with Gasteiger partial charge >= 0.3 is 0 Å². The summed E-state index contributed by atoms with van der Waals surface area (Å²) < 4.78 is 10.9. The molecule has 3 nitrogen and oxygen atoms in total. The lowest BCUT2D eigenvalue weighted by Crippen LogP contribution is -2.21. The van der Waals surface area contributed by atoms with Gasteiger partial charge in [0.25, 0.3) is 0 Å². The largest absolute Gasteiger partial charge is 0.493 e. The Labute approximate surface area is 109 Å². The first-order valence-corrected chi connectivity index (χ1v) is 6.53. The molecular formula is C13H21NO2S. The molecule has 0 saturated carbocycles. The highest BCUT2D eigenvalue weighted by Gasteiger charge is 2.02. The molecule has 2 N–H and O–H groups in total. The van der Waals surface area contributed by atoms with Gasteiger partial charge in [0.1, 0.15) is 0 Å². The van der Waals surface area contributed by atoms with E-state index in [0.717, 1.165) is 36.5 Å². The van der Waals surface area contributed by atoms with Crippen LogP contribution in [-0.2, 0) is 0 Å². The number of thiol groups is 1. The fourth-order valence-electron chi connectivity index (χ4n) is 1.52. The zero-order valence-corrected chi connectivity index (χ0v) is 11.2. The summed E-state index contributed by atoms with van der Waals surface area (Å²) in [6, 6.07) is 7.88. The summed E-state index contributed by atoms with van der Waals surface area (Å²) in [6.07, 6.45) is 3.06. The first-order valence-electron chi connectivity index (χ1n) is 5.90. The molecule has 0 radical (unpaired) electrons. The number of methoxy groups -OCH3 is 1. The van der Waals surface area contributed by atoms with Crippen molar-refractivity contribution in [3.05, 3.63) is 24.3 Å². The Kier molecular flexibility index (Phi) is 6.89. The van der Waals surface area contributed by atoms with E-state index in [4.69, 9.17) is 15.2 Å². The van der Waals surface area contributed by atoms with Crippen molar-refractivity contribution in [3.63, 3.8) is 0 Å². The highest BCUT2D eigenvalue weighted by Crippen LogP contribution is 2.25. The van der Waals surface area contributed by atoms with Crippen molar-refractivity contribution >= 4 is 12.6 Å². The van der Waals surface area contributed by atoms with E-state index in [1.165, 1.54) is 0 Å². The van der Waals surface area contributed by atoms with Crippen molar-refractivity contribution < 1.29 is 9.47 Å². The summed E-state index contributed by atoms with van der Waals surface area (Å²) in [6.45, 7) is 0.694. The number of hydrogen-bond donors (Lipinski definition) is 2. The Morgan fingerprint density at radius 3 is 2.59 bits per heavy atom. The van der Waals surface area contributed by atoms with Crippen LogP contribution in [0.25, 0.3) is 0 Å². The average molecular weight is 255 g/mol. The van der Waals surface area contributed by atoms with Gasteiger partial charge in [-0.15, -0.1) is 0 Å². The Morgan fingerprint density at radius 2 is 1.94 bits per heavy atom. The van der Waals surface area contributed by atoms with Gasteiger partial charge < -0.3 is 15.2 Å². The minimum Gasteiger partial charge on any atom is -0.493 e. The van der Waals surface area contributed by atoms with Crippen LogP contribution < -0.4 is 15.2 Å². The third-order valence-electron chi connectivity index (χ3n) is 2.53. The summed E-state index contributed by atoms with van der Waals surface area (Å²) in [7, 11) is 1.65. The molecule has 1 aromatic carbocycles. The third-order valence-corrected chi connectivity index (χ3v) is 3.00. The normalized spacial score (nSPS) is 12.2. The predicted octanol–water partition coefficient (Wildman–Crippen LogP) is 2.50. The summed E-state index contributed by atoms with van der Waals surface area (Å²) in [5, 5.41) is 0. The van der Waals surface area contributed by atoms with Crippen molar-refractivity contribution in [1.29, 1.82) is 0 Å². The number of benzene rings is 1. The van der Waals surface area contributed by atoms with Crippen LogP contribution in [0.4, 0.5) is 0 Å². The minimum absolute atomic E-state index is 0.199. The molecule has 0 aliphatic carbocycles. The monoisotopic (exact) mass is 255 g/mol. The molecule has 0 spiro atoms. The molecule has 96 valence electrons. The second-order valence-corrected chi connectivity index (χ2v) is 4.30. The summed E-state index contributed by atoms with van der Waals surface area (Å²) in [4.78, 5) is 0. The highest BCUT2D eigenvalue weighted by atomic mass is 32.1. The standard InChI is InChI=1S/C13H21NO2S/c1-15-12-7-2-3-8-13(12)16-9-5-4-6-11(14)10-17/h2-3,7-8,11,17H,4-6,9-10,14H2,1H3. The molecule has 0 amide bonds. The molecule has 0 bridgehead atoms. The molecule has 0 aliphatic heterocycles. The number of nitrogens with two attached hydrogens (primary N) is 1. The number of para-hydroxylation sites is 2. The second-order valence-electron chi connectivity index (χ2n) is 3.94. The first kappa shape index (κ1) is 14.2. The van der Waals surface area contributed by atoms with Crippen LogP contribution in [0, 0.1) is 0 Å². The fraction of sp³-hybridized carbons (Fsp3) is 0.538. The molecule has 0 aromatic heterocycles. The lowest BCUT2D eigenvalue weighted by atomic mass is 10.1. The number of hydrogen-bond acceptors (Lipinski definition) is 4. The smallest absolute Gasteiger partial charge is 0.161 e. The topological polar surface area (TPSA) is 44.5 Å². The van der Waals surface area contributed by atoms with Crippen LogP contribution >= 0.6 is 12.6 Å². The van der Waals surface area contributed by atoms with Crippen LogP contribution in [0.5, 0.6) is 11.5 Å². The number of unbranched alkanes of at least 4 members (excludes halogenated alkanes) is 1. The number of rotatable bonds is 8. The average Bonchev–Trinajstić information content (AvgIpc) is 2.38. The van der Waals surface area contributed by atoms with Gasteiger partial charge in [0.2, 0.25) is 0 Å². The molecule has 4 heteroatoms. The van der Waals surface area contributed by atoms with E-state index in [1.807, 2.05) is 24.3 Å². The highest BCUT2D eigenvalue weighted by molar-refractivity contribution is 7.80. The van der Waals surface area contributed by atoms with Crippen LogP contribution in [0.1, 0.15) is 19.3 Å². The van der Waals surface area contributed by atoms with Crippen LogP contribution in [0.3, 0.4) is 0 Å². The summed E-state index contributed by atoms with van der Waals surface area (Å²) >= 11 is 4.15. The van der Waals surface area contributed by atoms with E-state index in [2.05, 4.69) is 12.6 Å². The SMILES string of the molecule is COc1ccccc1OCCCCC(N)CS. The maximum absolute atomic E-state index is 5.77. The fourth-order valence-corrected chi connectivity index (χ4v) is 1.70. The van der Waals surface area contributed by atoms with Crippen molar-refractivity contribution in [3.8, 4) is 11.5 Å². The van der Waals surface area contributed by atoms with Gasteiger partial charge in [0, 0.05) is 11.8 Å². The van der Waals surface area contributed by atoms with Gasteiger partial charge in [-0.05, 0) is 31.4 Å². The van der Waals surface area contributed by atoms with Crippen molar-refractivity contribution in [2.24, 2.45) is 5.73 Å². The van der Waals surface area contributed by atoms with Crippen LogP contribution in [0.15, 0.2) is 24.3 Å². The minimum atomic E-state index is 0.199. The van der Waals surface area contributed by atoms with E-state index in [9.17, 15) is 0 Å². The number of ether oxygens (including phenoxy) is 2. The molecule has 0 fully saturated rings. The molecular weight excluding hydrogens is 234 g/mol. The first-order chi connectivity index (χ1) is 8.27. The summed E-state index contributed by atoms with van der Waals surface area (Å²) in [5.41, 5.74) is 5.77. The van der Waals surface area contributed by atoms with E-state index < -0.39 is 0 Å². The van der Waals surface area contributed by atoms with E-state index >= 15 is 0 Å². The third kappa shape index (κ3) is 5.33. The second kappa shape index (κ2) is 8.25. The molecule has 0 aliphatic rings. The van der Waals surface area contributed by atoms with Gasteiger partial charge in [-0.1, -0.05) is 12.1 Å². The van der Waals surface area contributed by atoms with Gasteiger partial charge in [0.15, 0.2) is 11.5 Å². The van der Waals surface area contributed by atoms with Gasteiger partial charge in [-0.25, -0.2) is 0 Å². The molecule has 1 rings (SSSR count). The molecule has 0 saturated heterocycles. The Bertz CT molecular complexity index is 320. The quantitative estimate of drug-likeness (QED) is 0.554. The van der Waals surface area contributed by atoms with Crippen LogP contribution in [-0.4, -0.2) is 25.5 Å². The van der Waals surface area contributed by atoms with Crippen molar-refractivity contribution in [1.82, 2.24) is 0 Å². The molecule has 1 aromatic rings. The summed E-state index contributed by atoms with van der Waals surface area (Å²) in [5.74, 6) is 2.32. The lowest BCUT2D eigenvalue weighted by molar-refractivity contribution is 0.284. The van der Waals surface area contributed by atoms with Crippen LogP contribution in [0.2, 0.25) is 0 Å². The molecule has 0 heterocycles. The maximum atomic E-state index is 5.77. The molecule has 1 atom stereocenters. The Morgan fingerprint density at radius 1 is 1.24 bits per heavy atom. The lowest BCUT2D eigenvalue weighted by Gasteiger charge is -2.11. The zero-order valence-electron chi connectivity index (χ0n) is 10.3. The van der Waals surface area contributed by atoms with E-state index in [1.54, 1.807) is 7.11 Å². The van der Waals surface area contributed by atoms with Gasteiger partial charge in [-0.2, -0.15) is 12.6 Å². The van der Waals surface area contributed by atoms with Gasteiger partial charge in [-0.3, -0.25) is 0 Å². The predicted molar refractivity (Wildman–Crippen MR) is 74.2 cm³/mol. The zero-order chi connectivity index (χ0) is 12.5. The van der Waals surface area contributed by atoms with E-state index in [0.29, 0.717) is 6.61 Å². The maximum Gasteiger partial charge on any atom is 0.161 e. The Balaban J connectivity index is 2.22. The molecule has 17 heavy (non-hydrogen) atoms.